The van der Waals surface area contributed by atoms with Gasteiger partial charge >= 0.3 is 0 Å². The van der Waals surface area contributed by atoms with Crippen LogP contribution in [0.25, 0.3) is 0 Å². The van der Waals surface area contributed by atoms with E-state index in [1.807, 2.05) is 25.5 Å². The van der Waals surface area contributed by atoms with Crippen molar-refractivity contribution in [1.82, 2.24) is 9.78 Å². The molecule has 0 saturated carbocycles. The number of nitrogens with zero attached hydrogens (tertiary/aromatic N) is 2. The highest BCUT2D eigenvalue weighted by atomic mass is 16.5. The molecule has 0 aliphatic heterocycles. The summed E-state index contributed by atoms with van der Waals surface area (Å²) in [5.74, 6) is 0.622. The minimum absolute atomic E-state index is 0.572. The molecule has 0 aromatic carbocycles. The maximum Gasteiger partial charge on any atom is 0.162 e. The van der Waals surface area contributed by atoms with Crippen molar-refractivity contribution in [2.75, 3.05) is 13.7 Å². The molecule has 1 rings (SSSR count). The highest BCUT2D eigenvalue weighted by molar-refractivity contribution is 5.29. The first-order valence-electron chi connectivity index (χ1n) is 7.51. The molecular formula is C15H28N2O3. The smallest absolute Gasteiger partial charge is 0.162 e. The van der Waals surface area contributed by atoms with Gasteiger partial charge in [0.25, 0.3) is 0 Å². The average molecular weight is 284 g/mol. The van der Waals surface area contributed by atoms with Crippen LogP contribution in [0, 0.1) is 0 Å². The summed E-state index contributed by atoms with van der Waals surface area (Å²) in [6, 6.07) is 0. The Bertz CT molecular complexity index is 400. The molecule has 0 aliphatic rings. The van der Waals surface area contributed by atoms with Crippen molar-refractivity contribution in [2.24, 2.45) is 0 Å². The summed E-state index contributed by atoms with van der Waals surface area (Å²) in [5, 5.41) is 15.2. The van der Waals surface area contributed by atoms with Crippen LogP contribution in [0.15, 0.2) is 6.20 Å². The van der Waals surface area contributed by atoms with Crippen molar-refractivity contribution in [3.05, 3.63) is 11.9 Å². The highest BCUT2D eigenvalue weighted by Crippen LogP contribution is 2.39. The van der Waals surface area contributed by atoms with E-state index in [9.17, 15) is 5.11 Å². The molecule has 1 atom stereocenters. The number of aromatic nitrogens is 2. The number of aryl methyl sites for hydroxylation is 1. The van der Waals surface area contributed by atoms with Gasteiger partial charge < -0.3 is 14.6 Å². The quantitative estimate of drug-likeness (QED) is 0.757. The van der Waals surface area contributed by atoms with E-state index in [0.717, 1.165) is 25.8 Å². The second-order valence-corrected chi connectivity index (χ2v) is 4.93. The lowest BCUT2D eigenvalue weighted by molar-refractivity contribution is -0.130. The predicted molar refractivity (Wildman–Crippen MR) is 79.0 cm³/mol. The normalized spacial score (nSPS) is 13.5. The Labute approximate surface area is 121 Å². The first-order chi connectivity index (χ1) is 9.60. The molecular weight excluding hydrogens is 256 g/mol. The summed E-state index contributed by atoms with van der Waals surface area (Å²) in [4.78, 5) is 0. The van der Waals surface area contributed by atoms with Gasteiger partial charge in [0.15, 0.2) is 5.75 Å². The molecule has 0 aliphatic carbocycles. The van der Waals surface area contributed by atoms with Crippen LogP contribution in [0.1, 0.15) is 58.8 Å². The van der Waals surface area contributed by atoms with Crippen molar-refractivity contribution in [2.45, 2.75) is 65.2 Å². The molecule has 0 fully saturated rings. The van der Waals surface area contributed by atoms with E-state index in [0.29, 0.717) is 18.1 Å². The van der Waals surface area contributed by atoms with Gasteiger partial charge in [0, 0.05) is 13.2 Å². The standard InChI is InChI=1S/C15H28N2O3/c1-6-10-17-13(12(19-5)11-16-17)14(18)15(7-2,8-3)20-9-4/h11,14,18H,6-10H2,1-5H3. The van der Waals surface area contributed by atoms with E-state index in [1.54, 1.807) is 13.3 Å². The van der Waals surface area contributed by atoms with Gasteiger partial charge in [-0.1, -0.05) is 20.8 Å². The Morgan fingerprint density at radius 1 is 1.30 bits per heavy atom. The Balaban J connectivity index is 3.22. The van der Waals surface area contributed by atoms with E-state index in [4.69, 9.17) is 9.47 Å². The van der Waals surface area contributed by atoms with Crippen LogP contribution >= 0.6 is 0 Å². The number of ether oxygens (including phenoxy) is 2. The lowest BCUT2D eigenvalue weighted by Crippen LogP contribution is -2.39. The molecule has 0 spiro atoms. The first kappa shape index (κ1) is 17.0. The molecule has 1 aromatic heterocycles. The molecule has 0 bridgehead atoms. The van der Waals surface area contributed by atoms with Crippen LogP contribution in [0.3, 0.4) is 0 Å². The number of aliphatic hydroxyl groups excluding tert-OH is 1. The van der Waals surface area contributed by atoms with E-state index < -0.39 is 11.7 Å². The summed E-state index contributed by atoms with van der Waals surface area (Å²) in [7, 11) is 1.60. The number of aliphatic hydroxyl groups is 1. The average Bonchev–Trinajstić information content (AvgIpc) is 2.87. The second kappa shape index (κ2) is 7.64. The fourth-order valence-electron chi connectivity index (χ4n) is 2.66. The van der Waals surface area contributed by atoms with Gasteiger partial charge in [0.05, 0.1) is 18.9 Å². The van der Waals surface area contributed by atoms with Crippen LogP contribution in [0.4, 0.5) is 0 Å². The molecule has 5 heteroatoms. The van der Waals surface area contributed by atoms with Gasteiger partial charge in [-0.3, -0.25) is 4.68 Å². The predicted octanol–water partition coefficient (Wildman–Crippen LogP) is 2.93. The Hall–Kier alpha value is -1.07. The van der Waals surface area contributed by atoms with Crippen LogP contribution < -0.4 is 4.74 Å². The Kier molecular flexibility index (Phi) is 6.49. The Morgan fingerprint density at radius 2 is 1.95 bits per heavy atom. The first-order valence-corrected chi connectivity index (χ1v) is 7.51. The van der Waals surface area contributed by atoms with Gasteiger partial charge in [-0.15, -0.1) is 0 Å². The van der Waals surface area contributed by atoms with E-state index in [1.165, 1.54) is 0 Å². The monoisotopic (exact) mass is 284 g/mol. The third-order valence-corrected chi connectivity index (χ3v) is 3.89. The van der Waals surface area contributed by atoms with E-state index in [-0.39, 0.29) is 0 Å². The number of hydrogen-bond acceptors (Lipinski definition) is 4. The van der Waals surface area contributed by atoms with Crippen molar-refractivity contribution in [3.8, 4) is 5.75 Å². The highest BCUT2D eigenvalue weighted by Gasteiger charge is 2.40. The van der Waals surface area contributed by atoms with Gasteiger partial charge in [0.1, 0.15) is 11.8 Å². The summed E-state index contributed by atoms with van der Waals surface area (Å²) in [5.41, 5.74) is 0.125. The molecule has 0 amide bonds. The van der Waals surface area contributed by atoms with Crippen molar-refractivity contribution in [1.29, 1.82) is 0 Å². The van der Waals surface area contributed by atoms with Gasteiger partial charge in [-0.2, -0.15) is 5.10 Å². The lowest BCUT2D eigenvalue weighted by Gasteiger charge is -2.36. The van der Waals surface area contributed by atoms with E-state index in [2.05, 4.69) is 12.0 Å². The SMILES string of the molecule is CCCn1ncc(OC)c1C(O)C(CC)(CC)OCC. The molecule has 116 valence electrons. The summed E-state index contributed by atoms with van der Waals surface area (Å²) >= 11 is 0. The fourth-order valence-corrected chi connectivity index (χ4v) is 2.66. The molecule has 1 unspecified atom stereocenters. The van der Waals surface area contributed by atoms with Crippen LogP contribution in [-0.2, 0) is 11.3 Å². The molecule has 20 heavy (non-hydrogen) atoms. The van der Waals surface area contributed by atoms with Gasteiger partial charge in [-0.25, -0.2) is 0 Å². The maximum atomic E-state index is 10.9. The Morgan fingerprint density at radius 3 is 2.40 bits per heavy atom. The summed E-state index contributed by atoms with van der Waals surface area (Å²) < 4.78 is 13.1. The topological polar surface area (TPSA) is 56.5 Å². The number of hydrogen-bond donors (Lipinski definition) is 1. The van der Waals surface area contributed by atoms with Crippen LogP contribution in [0.2, 0.25) is 0 Å². The third-order valence-electron chi connectivity index (χ3n) is 3.89. The van der Waals surface area contributed by atoms with Crippen molar-refractivity contribution < 1.29 is 14.6 Å². The van der Waals surface area contributed by atoms with Gasteiger partial charge in [-0.05, 0) is 26.2 Å². The van der Waals surface area contributed by atoms with Crippen molar-refractivity contribution in [3.63, 3.8) is 0 Å². The molecule has 5 nitrogen and oxygen atoms in total. The lowest BCUT2D eigenvalue weighted by atomic mass is 9.88. The van der Waals surface area contributed by atoms with Crippen LogP contribution in [0.5, 0.6) is 5.75 Å². The zero-order valence-corrected chi connectivity index (χ0v) is 13.3. The molecule has 1 heterocycles. The third kappa shape index (κ3) is 3.15. The van der Waals surface area contributed by atoms with Crippen LogP contribution in [-0.4, -0.2) is 34.2 Å². The molecule has 0 saturated heterocycles. The van der Waals surface area contributed by atoms with E-state index >= 15 is 0 Å². The number of methoxy groups -OCH3 is 1. The summed E-state index contributed by atoms with van der Waals surface area (Å²) in [6.45, 7) is 9.44. The minimum atomic E-state index is -0.749. The largest absolute Gasteiger partial charge is 0.493 e. The molecule has 0 radical (unpaired) electrons. The molecule has 1 N–H and O–H groups in total. The maximum absolute atomic E-state index is 10.9. The molecule has 1 aromatic rings. The zero-order chi connectivity index (χ0) is 15.2. The minimum Gasteiger partial charge on any atom is -0.493 e. The van der Waals surface area contributed by atoms with Crippen molar-refractivity contribution >= 4 is 0 Å². The van der Waals surface area contributed by atoms with Gasteiger partial charge in [0.2, 0.25) is 0 Å². The second-order valence-electron chi connectivity index (χ2n) is 4.93. The zero-order valence-electron chi connectivity index (χ0n) is 13.3. The number of rotatable bonds is 9. The summed E-state index contributed by atoms with van der Waals surface area (Å²) in [6.07, 6.45) is 3.33. The fraction of sp³-hybridized carbons (Fsp3) is 0.800.